The van der Waals surface area contributed by atoms with E-state index in [9.17, 15) is 9.90 Å². The number of hydrogen-bond donors (Lipinski definition) is 1. The normalized spacial score (nSPS) is 13.7. The molecule has 0 fully saturated rings. The molecule has 1 N–H and O–H groups in total. The smallest absolute Gasteiger partial charge is 0.342 e. The fourth-order valence-electron chi connectivity index (χ4n) is 1.46. The van der Waals surface area contributed by atoms with Gasteiger partial charge in [0, 0.05) is 0 Å². The van der Waals surface area contributed by atoms with Gasteiger partial charge in [-0.05, 0) is 24.6 Å². The Morgan fingerprint density at radius 3 is 2.24 bits per heavy atom. The number of ether oxygens (including phenoxy) is 3. The molecule has 0 spiro atoms. The Morgan fingerprint density at radius 2 is 1.76 bits per heavy atom. The Balaban J connectivity index is 3.19. The predicted molar refractivity (Wildman–Crippen MR) is 61.1 cm³/mol. The first-order chi connectivity index (χ1) is 7.97. The van der Waals surface area contributed by atoms with Crippen LogP contribution in [-0.2, 0) is 15.1 Å². The van der Waals surface area contributed by atoms with E-state index in [1.807, 2.05) is 0 Å². The number of hydrogen-bond acceptors (Lipinski definition) is 5. The van der Waals surface area contributed by atoms with Crippen LogP contribution >= 0.6 is 0 Å². The monoisotopic (exact) mass is 240 g/mol. The summed E-state index contributed by atoms with van der Waals surface area (Å²) in [6.45, 7) is 1.36. The molecule has 1 aromatic rings. The van der Waals surface area contributed by atoms with Gasteiger partial charge in [0.15, 0.2) is 17.1 Å². The van der Waals surface area contributed by atoms with Crippen molar-refractivity contribution in [3.8, 4) is 11.5 Å². The lowest BCUT2D eigenvalue weighted by Gasteiger charge is -2.21. The van der Waals surface area contributed by atoms with E-state index < -0.39 is 11.6 Å². The zero-order valence-corrected chi connectivity index (χ0v) is 10.3. The molecule has 0 aliphatic carbocycles. The third-order valence-corrected chi connectivity index (χ3v) is 2.53. The predicted octanol–water partition coefficient (Wildman–Crippen LogP) is 1.08. The summed E-state index contributed by atoms with van der Waals surface area (Å²) in [5, 5.41) is 10.1. The number of esters is 1. The van der Waals surface area contributed by atoms with Crippen molar-refractivity contribution in [2.24, 2.45) is 0 Å². The number of methoxy groups -OCH3 is 3. The van der Waals surface area contributed by atoms with E-state index in [0.29, 0.717) is 17.1 Å². The summed E-state index contributed by atoms with van der Waals surface area (Å²) < 4.78 is 14.7. The average Bonchev–Trinajstić information content (AvgIpc) is 2.36. The maximum absolute atomic E-state index is 11.4. The number of carbonyl (C=O) groups excluding carboxylic acids is 1. The van der Waals surface area contributed by atoms with Gasteiger partial charge in [0.2, 0.25) is 0 Å². The van der Waals surface area contributed by atoms with Gasteiger partial charge in [-0.15, -0.1) is 0 Å². The van der Waals surface area contributed by atoms with Gasteiger partial charge < -0.3 is 19.3 Å². The second-order valence-corrected chi connectivity index (χ2v) is 3.63. The maximum Gasteiger partial charge on any atom is 0.342 e. The van der Waals surface area contributed by atoms with E-state index in [2.05, 4.69) is 4.74 Å². The van der Waals surface area contributed by atoms with E-state index in [1.54, 1.807) is 12.1 Å². The Morgan fingerprint density at radius 1 is 1.18 bits per heavy atom. The third kappa shape index (κ3) is 2.50. The first-order valence-electron chi connectivity index (χ1n) is 5.00. The van der Waals surface area contributed by atoms with Gasteiger partial charge in [-0.3, -0.25) is 0 Å². The fourth-order valence-corrected chi connectivity index (χ4v) is 1.46. The average molecular weight is 240 g/mol. The summed E-state index contributed by atoms with van der Waals surface area (Å²) in [4.78, 5) is 11.4. The highest BCUT2D eigenvalue weighted by atomic mass is 16.5. The highest BCUT2D eigenvalue weighted by Gasteiger charge is 2.34. The molecule has 0 saturated heterocycles. The molecular weight excluding hydrogens is 224 g/mol. The Kier molecular flexibility index (Phi) is 3.96. The van der Waals surface area contributed by atoms with Crippen molar-refractivity contribution in [1.29, 1.82) is 0 Å². The third-order valence-electron chi connectivity index (χ3n) is 2.53. The molecule has 5 heteroatoms. The van der Waals surface area contributed by atoms with Crippen LogP contribution in [0.3, 0.4) is 0 Å². The van der Waals surface area contributed by atoms with Gasteiger partial charge in [0.25, 0.3) is 0 Å². The number of aliphatic hydroxyl groups is 1. The van der Waals surface area contributed by atoms with Crippen molar-refractivity contribution >= 4 is 5.97 Å². The number of benzene rings is 1. The van der Waals surface area contributed by atoms with Crippen molar-refractivity contribution in [2.45, 2.75) is 12.5 Å². The molecule has 17 heavy (non-hydrogen) atoms. The Labute approximate surface area is 99.9 Å². The van der Waals surface area contributed by atoms with Crippen molar-refractivity contribution in [1.82, 2.24) is 0 Å². The molecule has 0 aliphatic heterocycles. The lowest BCUT2D eigenvalue weighted by Crippen LogP contribution is -2.33. The molecule has 1 rings (SSSR count). The largest absolute Gasteiger partial charge is 0.493 e. The minimum Gasteiger partial charge on any atom is -0.493 e. The fraction of sp³-hybridized carbons (Fsp3) is 0.417. The zero-order chi connectivity index (χ0) is 13.1. The van der Waals surface area contributed by atoms with Crippen LogP contribution in [0.1, 0.15) is 12.5 Å². The molecule has 5 nitrogen and oxygen atoms in total. The Bertz CT molecular complexity index is 411. The second-order valence-electron chi connectivity index (χ2n) is 3.63. The molecule has 0 bridgehead atoms. The van der Waals surface area contributed by atoms with Crippen molar-refractivity contribution in [3.63, 3.8) is 0 Å². The van der Waals surface area contributed by atoms with Gasteiger partial charge in [-0.1, -0.05) is 6.07 Å². The first kappa shape index (κ1) is 13.3. The zero-order valence-electron chi connectivity index (χ0n) is 10.3. The van der Waals surface area contributed by atoms with Crippen LogP contribution in [0, 0.1) is 0 Å². The number of carbonyl (C=O) groups is 1. The van der Waals surface area contributed by atoms with Gasteiger partial charge in [0.1, 0.15) is 0 Å². The highest BCUT2D eigenvalue weighted by Crippen LogP contribution is 2.32. The maximum atomic E-state index is 11.4. The molecule has 1 unspecified atom stereocenters. The van der Waals surface area contributed by atoms with Crippen LogP contribution in [0.25, 0.3) is 0 Å². The minimum atomic E-state index is -1.71. The molecule has 0 aliphatic rings. The minimum absolute atomic E-state index is 0.377. The van der Waals surface area contributed by atoms with Gasteiger partial charge >= 0.3 is 5.97 Å². The first-order valence-corrected chi connectivity index (χ1v) is 5.00. The van der Waals surface area contributed by atoms with Crippen molar-refractivity contribution in [2.75, 3.05) is 21.3 Å². The summed E-state index contributed by atoms with van der Waals surface area (Å²) in [6.07, 6.45) is 0. The van der Waals surface area contributed by atoms with Crippen molar-refractivity contribution < 1.29 is 24.1 Å². The van der Waals surface area contributed by atoms with E-state index in [1.165, 1.54) is 34.3 Å². The second kappa shape index (κ2) is 5.05. The molecule has 1 aromatic carbocycles. The highest BCUT2D eigenvalue weighted by molar-refractivity contribution is 5.80. The van der Waals surface area contributed by atoms with Crippen LogP contribution in [0.5, 0.6) is 11.5 Å². The molecule has 0 radical (unpaired) electrons. The molecular formula is C12H16O5. The van der Waals surface area contributed by atoms with E-state index in [0.717, 1.165) is 0 Å². The van der Waals surface area contributed by atoms with Crippen LogP contribution in [-0.4, -0.2) is 32.4 Å². The summed E-state index contributed by atoms with van der Waals surface area (Å²) >= 11 is 0. The lowest BCUT2D eigenvalue weighted by atomic mass is 9.96. The molecule has 0 aromatic heterocycles. The van der Waals surface area contributed by atoms with Crippen LogP contribution in [0.2, 0.25) is 0 Å². The van der Waals surface area contributed by atoms with Crippen LogP contribution in [0.4, 0.5) is 0 Å². The lowest BCUT2D eigenvalue weighted by molar-refractivity contribution is -0.161. The molecule has 0 amide bonds. The summed E-state index contributed by atoms with van der Waals surface area (Å²) in [7, 11) is 4.21. The van der Waals surface area contributed by atoms with E-state index in [-0.39, 0.29) is 0 Å². The topological polar surface area (TPSA) is 65.0 Å². The molecule has 1 atom stereocenters. The quantitative estimate of drug-likeness (QED) is 0.798. The molecule has 0 heterocycles. The van der Waals surface area contributed by atoms with Crippen molar-refractivity contribution in [3.05, 3.63) is 23.8 Å². The SMILES string of the molecule is COC(=O)C(C)(O)c1ccc(OC)c(OC)c1. The molecule has 94 valence electrons. The molecule has 0 saturated carbocycles. The summed E-state index contributed by atoms with van der Waals surface area (Å²) in [6, 6.07) is 4.74. The standard InChI is InChI=1S/C12H16O5/c1-12(14,11(13)17-4)8-5-6-9(15-2)10(7-8)16-3/h5-7,14H,1-4H3. The summed E-state index contributed by atoms with van der Waals surface area (Å²) in [5.74, 6) is 0.232. The van der Waals surface area contributed by atoms with Gasteiger partial charge in [-0.2, -0.15) is 0 Å². The van der Waals surface area contributed by atoms with E-state index in [4.69, 9.17) is 9.47 Å². The van der Waals surface area contributed by atoms with Gasteiger partial charge in [-0.25, -0.2) is 4.79 Å². The van der Waals surface area contributed by atoms with E-state index >= 15 is 0 Å². The number of rotatable bonds is 4. The van der Waals surface area contributed by atoms with Crippen LogP contribution in [0.15, 0.2) is 18.2 Å². The summed E-state index contributed by atoms with van der Waals surface area (Å²) in [5.41, 5.74) is -1.34. The van der Waals surface area contributed by atoms with Crippen LogP contribution < -0.4 is 9.47 Å². The Hall–Kier alpha value is -1.75. The van der Waals surface area contributed by atoms with Gasteiger partial charge in [0.05, 0.1) is 21.3 Å².